The summed E-state index contributed by atoms with van der Waals surface area (Å²) < 4.78 is 4.93. The maximum Gasteiger partial charge on any atom is 0.326 e. The van der Waals surface area contributed by atoms with Crippen LogP contribution in [0.4, 0.5) is 0 Å². The molecular weight excluding hydrogens is 322 g/mol. The molecule has 25 heavy (non-hydrogen) atoms. The molecule has 0 saturated carbocycles. The molecule has 0 fully saturated rings. The average molecular weight is 349 g/mol. The van der Waals surface area contributed by atoms with Crippen molar-refractivity contribution in [2.24, 2.45) is 0 Å². The Labute approximate surface area is 148 Å². The first kappa shape index (κ1) is 20.7. The van der Waals surface area contributed by atoms with Gasteiger partial charge in [-0.2, -0.15) is 0 Å². The third kappa shape index (κ3) is 8.33. The molecule has 0 aliphatic rings. The van der Waals surface area contributed by atoms with Gasteiger partial charge in [0.25, 0.3) is 5.91 Å². The Bertz CT molecular complexity index is 585. The van der Waals surface area contributed by atoms with E-state index in [4.69, 9.17) is 4.74 Å². The van der Waals surface area contributed by atoms with Crippen LogP contribution in [0.2, 0.25) is 0 Å². The van der Waals surface area contributed by atoms with Crippen LogP contribution in [0.5, 0.6) is 5.75 Å². The molecule has 1 aromatic rings. The number of hydrogen-bond acceptors (Lipinski definition) is 4. The van der Waals surface area contributed by atoms with Gasteiger partial charge in [-0.3, -0.25) is 9.59 Å². The monoisotopic (exact) mass is 349 g/mol. The molecule has 0 aromatic heterocycles. The van der Waals surface area contributed by atoms with Crippen molar-refractivity contribution in [2.75, 3.05) is 0 Å². The summed E-state index contributed by atoms with van der Waals surface area (Å²) in [7, 11) is 0. The van der Waals surface area contributed by atoms with Crippen molar-refractivity contribution < 1.29 is 24.2 Å². The molecule has 6 nitrogen and oxygen atoms in total. The molecular formula is C19H27NO5. The van der Waals surface area contributed by atoms with Gasteiger partial charge in [0.15, 0.2) is 0 Å². The molecule has 0 radical (unpaired) electrons. The van der Waals surface area contributed by atoms with Crippen molar-refractivity contribution in [3.63, 3.8) is 0 Å². The highest BCUT2D eigenvalue weighted by Crippen LogP contribution is 2.14. The molecule has 1 aromatic carbocycles. The number of nitrogens with one attached hydrogen (secondary N) is 1. The van der Waals surface area contributed by atoms with Gasteiger partial charge in [-0.1, -0.05) is 51.5 Å². The Hall–Kier alpha value is -2.37. The van der Waals surface area contributed by atoms with Gasteiger partial charge in [0.05, 0.1) is 0 Å². The topological polar surface area (TPSA) is 92.7 Å². The quantitative estimate of drug-likeness (QED) is 0.362. The molecule has 0 spiro atoms. The highest BCUT2D eigenvalue weighted by molar-refractivity contribution is 5.97. The summed E-state index contributed by atoms with van der Waals surface area (Å²) in [4.78, 5) is 34.6. The fraction of sp³-hybridized carbons (Fsp3) is 0.526. The van der Waals surface area contributed by atoms with E-state index in [2.05, 4.69) is 12.2 Å². The summed E-state index contributed by atoms with van der Waals surface area (Å²) in [5.74, 6) is -1.77. The lowest BCUT2D eigenvalue weighted by atomic mass is 10.1. The Kier molecular flexibility index (Phi) is 9.29. The van der Waals surface area contributed by atoms with Gasteiger partial charge in [0.1, 0.15) is 11.8 Å². The summed E-state index contributed by atoms with van der Waals surface area (Å²) >= 11 is 0. The zero-order valence-electron chi connectivity index (χ0n) is 14.9. The minimum atomic E-state index is -1.04. The first-order chi connectivity index (χ1) is 11.9. The number of carbonyl (C=O) groups is 3. The number of amides is 1. The van der Waals surface area contributed by atoms with E-state index < -0.39 is 23.9 Å². The SMILES string of the molecule is CCCCCCCC[C@H](NC(=O)c1cccc(OC(C)=O)c1)C(=O)O. The van der Waals surface area contributed by atoms with Crippen molar-refractivity contribution in [2.45, 2.75) is 64.8 Å². The first-order valence-electron chi connectivity index (χ1n) is 8.76. The second-order valence-corrected chi connectivity index (χ2v) is 6.04. The van der Waals surface area contributed by atoms with Crippen LogP contribution in [0.1, 0.15) is 69.2 Å². The molecule has 2 N–H and O–H groups in total. The third-order valence-electron chi connectivity index (χ3n) is 3.81. The molecule has 1 atom stereocenters. The zero-order chi connectivity index (χ0) is 18.7. The van der Waals surface area contributed by atoms with Crippen molar-refractivity contribution in [3.05, 3.63) is 29.8 Å². The van der Waals surface area contributed by atoms with Gasteiger partial charge in [0, 0.05) is 12.5 Å². The Balaban J connectivity index is 2.55. The zero-order valence-corrected chi connectivity index (χ0v) is 14.9. The van der Waals surface area contributed by atoms with Gasteiger partial charge in [-0.05, 0) is 24.6 Å². The molecule has 6 heteroatoms. The highest BCUT2D eigenvalue weighted by atomic mass is 16.5. The lowest BCUT2D eigenvalue weighted by Gasteiger charge is -2.15. The number of carbonyl (C=O) groups excluding carboxylic acids is 2. The number of rotatable bonds is 11. The second-order valence-electron chi connectivity index (χ2n) is 6.04. The van der Waals surface area contributed by atoms with Crippen LogP contribution in [0.25, 0.3) is 0 Å². The Morgan fingerprint density at radius 2 is 1.80 bits per heavy atom. The molecule has 0 saturated heterocycles. The lowest BCUT2D eigenvalue weighted by molar-refractivity contribution is -0.139. The van der Waals surface area contributed by atoms with E-state index in [-0.39, 0.29) is 11.3 Å². The largest absolute Gasteiger partial charge is 0.480 e. The van der Waals surface area contributed by atoms with Crippen LogP contribution in [-0.2, 0) is 9.59 Å². The van der Waals surface area contributed by atoms with Gasteiger partial charge in [-0.25, -0.2) is 4.79 Å². The minimum Gasteiger partial charge on any atom is -0.480 e. The van der Waals surface area contributed by atoms with Gasteiger partial charge in [0.2, 0.25) is 0 Å². The molecule has 1 amide bonds. The van der Waals surface area contributed by atoms with Crippen LogP contribution in [0.3, 0.4) is 0 Å². The van der Waals surface area contributed by atoms with Crippen LogP contribution >= 0.6 is 0 Å². The predicted molar refractivity (Wildman–Crippen MR) is 94.6 cm³/mol. The normalized spacial score (nSPS) is 11.6. The van der Waals surface area contributed by atoms with Crippen molar-refractivity contribution in [1.82, 2.24) is 5.32 Å². The summed E-state index contributed by atoms with van der Waals surface area (Å²) in [5.41, 5.74) is 0.257. The summed E-state index contributed by atoms with van der Waals surface area (Å²) in [6, 6.07) is 5.18. The summed E-state index contributed by atoms with van der Waals surface area (Å²) in [6.45, 7) is 3.42. The van der Waals surface area contributed by atoms with E-state index in [0.717, 1.165) is 25.7 Å². The number of unbranched alkanes of at least 4 members (excludes halogenated alkanes) is 5. The van der Waals surface area contributed by atoms with Crippen LogP contribution in [-0.4, -0.2) is 29.0 Å². The number of carboxylic acid groups (broad SMARTS) is 1. The summed E-state index contributed by atoms with van der Waals surface area (Å²) in [6.07, 6.45) is 6.72. The van der Waals surface area contributed by atoms with Crippen LogP contribution in [0.15, 0.2) is 24.3 Å². The van der Waals surface area contributed by atoms with E-state index in [0.29, 0.717) is 6.42 Å². The number of benzene rings is 1. The smallest absolute Gasteiger partial charge is 0.326 e. The maximum atomic E-state index is 12.3. The van der Waals surface area contributed by atoms with Gasteiger partial charge < -0.3 is 15.2 Å². The van der Waals surface area contributed by atoms with Crippen LogP contribution < -0.4 is 10.1 Å². The molecule has 0 aliphatic carbocycles. The van der Waals surface area contributed by atoms with E-state index in [1.54, 1.807) is 18.2 Å². The number of hydrogen-bond donors (Lipinski definition) is 2. The van der Waals surface area contributed by atoms with Crippen LogP contribution in [0, 0.1) is 0 Å². The van der Waals surface area contributed by atoms with Gasteiger partial charge >= 0.3 is 11.9 Å². The fourth-order valence-corrected chi connectivity index (χ4v) is 2.49. The lowest BCUT2D eigenvalue weighted by Crippen LogP contribution is -2.40. The molecule has 0 bridgehead atoms. The van der Waals surface area contributed by atoms with Crippen molar-refractivity contribution in [3.8, 4) is 5.75 Å². The molecule has 1 rings (SSSR count). The maximum absolute atomic E-state index is 12.3. The predicted octanol–water partition coefficient (Wildman–Crippen LogP) is 3.55. The van der Waals surface area contributed by atoms with E-state index in [1.165, 1.54) is 25.8 Å². The number of ether oxygens (including phenoxy) is 1. The third-order valence-corrected chi connectivity index (χ3v) is 3.81. The molecule has 0 heterocycles. The molecule has 0 unspecified atom stereocenters. The average Bonchev–Trinajstić information content (AvgIpc) is 2.56. The number of esters is 1. The molecule has 138 valence electrons. The number of aliphatic carboxylic acids is 1. The Morgan fingerprint density at radius 1 is 1.12 bits per heavy atom. The second kappa shape index (κ2) is 11.2. The Morgan fingerprint density at radius 3 is 2.44 bits per heavy atom. The van der Waals surface area contributed by atoms with Crippen molar-refractivity contribution in [1.29, 1.82) is 0 Å². The minimum absolute atomic E-state index is 0.253. The number of carboxylic acids is 1. The highest BCUT2D eigenvalue weighted by Gasteiger charge is 2.20. The summed E-state index contributed by atoms with van der Waals surface area (Å²) in [5, 5.41) is 11.8. The van der Waals surface area contributed by atoms with E-state index in [1.807, 2.05) is 0 Å². The molecule has 0 aliphatic heterocycles. The van der Waals surface area contributed by atoms with E-state index >= 15 is 0 Å². The van der Waals surface area contributed by atoms with Gasteiger partial charge in [-0.15, -0.1) is 0 Å². The van der Waals surface area contributed by atoms with E-state index in [9.17, 15) is 19.5 Å². The van der Waals surface area contributed by atoms with Crippen molar-refractivity contribution >= 4 is 17.8 Å². The standard InChI is InChI=1S/C19H27NO5/c1-3-4-5-6-7-8-12-17(19(23)24)20-18(22)15-10-9-11-16(13-15)25-14(2)21/h9-11,13,17H,3-8,12H2,1-2H3,(H,20,22)(H,23,24)/t17-/m0/s1. The fourth-order valence-electron chi connectivity index (χ4n) is 2.49. The first-order valence-corrected chi connectivity index (χ1v) is 8.76.